The molecule has 5 heteroatoms. The van der Waals surface area contributed by atoms with E-state index >= 15 is 0 Å². The first-order chi connectivity index (χ1) is 9.20. The summed E-state index contributed by atoms with van der Waals surface area (Å²) >= 11 is -2.06. The number of ether oxygens (including phenoxy) is 1. The summed E-state index contributed by atoms with van der Waals surface area (Å²) < 4.78 is 25.2. The molecule has 1 heterocycles. The lowest BCUT2D eigenvalue weighted by Crippen LogP contribution is -2.11. The fourth-order valence-corrected chi connectivity index (χ4v) is 2.09. The second-order valence-corrected chi connectivity index (χ2v) is 4.73. The molecule has 0 bridgehead atoms. The third-order valence-corrected chi connectivity index (χ3v) is 3.24. The van der Waals surface area contributed by atoms with Gasteiger partial charge in [-0.05, 0) is 36.6 Å². The van der Waals surface area contributed by atoms with E-state index in [9.17, 15) is 4.21 Å². The summed E-state index contributed by atoms with van der Waals surface area (Å²) in [6, 6.07) is 4.90. The average molecular weight is 275 g/mol. The average Bonchev–Trinajstić information content (AvgIpc) is 2.45. The maximum atomic E-state index is 11.1. The summed E-state index contributed by atoms with van der Waals surface area (Å²) in [7, 11) is 1.46. The number of benzene rings is 1. The van der Waals surface area contributed by atoms with Crippen LogP contribution in [0.1, 0.15) is 5.56 Å². The molecule has 1 aliphatic heterocycles. The predicted octanol–water partition coefficient (Wildman–Crippen LogP) is 1.67. The highest BCUT2D eigenvalue weighted by Gasteiger charge is 2.08. The Hall–Kier alpha value is -2.03. The second-order valence-electron chi connectivity index (χ2n) is 3.80. The summed E-state index contributed by atoms with van der Waals surface area (Å²) in [5.74, 6) is 6.41. The highest BCUT2D eigenvalue weighted by Crippen LogP contribution is 2.22. The molecule has 19 heavy (non-hydrogen) atoms. The molecule has 2 rings (SSSR count). The Morgan fingerprint density at radius 3 is 2.89 bits per heavy atom. The van der Waals surface area contributed by atoms with E-state index in [-0.39, 0.29) is 4.90 Å². The van der Waals surface area contributed by atoms with Crippen LogP contribution in [0.5, 0.6) is 5.75 Å². The molecule has 1 unspecified atom stereocenters. The Kier molecular flexibility index (Phi) is 4.39. The number of hydrogen-bond donors (Lipinski definition) is 2. The quantitative estimate of drug-likeness (QED) is 0.637. The van der Waals surface area contributed by atoms with E-state index in [0.29, 0.717) is 12.3 Å². The third kappa shape index (κ3) is 3.47. The van der Waals surface area contributed by atoms with Gasteiger partial charge in [-0.25, -0.2) is 4.21 Å². The van der Waals surface area contributed by atoms with E-state index in [4.69, 9.17) is 9.29 Å². The van der Waals surface area contributed by atoms with Gasteiger partial charge in [0, 0.05) is 17.7 Å². The smallest absolute Gasteiger partial charge is 0.190 e. The molecule has 0 aromatic heterocycles. The Morgan fingerprint density at radius 1 is 1.42 bits per heavy atom. The summed E-state index contributed by atoms with van der Waals surface area (Å²) in [5.41, 5.74) is 1.72. The lowest BCUT2D eigenvalue weighted by molar-refractivity contribution is 0.402. The van der Waals surface area contributed by atoms with Gasteiger partial charge in [0.15, 0.2) is 11.1 Å². The van der Waals surface area contributed by atoms with Gasteiger partial charge < -0.3 is 14.6 Å². The van der Waals surface area contributed by atoms with Crippen molar-refractivity contribution in [1.82, 2.24) is 5.32 Å². The predicted molar refractivity (Wildman–Crippen MR) is 74.1 cm³/mol. The first-order valence-electron chi connectivity index (χ1n) is 5.60. The number of allylic oxidation sites excluding steroid dienone is 2. The molecular formula is C14H13NO3S. The molecule has 1 aromatic carbocycles. The number of hydrogen-bond acceptors (Lipinski definition) is 3. The molecule has 1 aliphatic rings. The maximum absolute atomic E-state index is 11.1. The molecule has 1 aromatic rings. The van der Waals surface area contributed by atoms with Crippen molar-refractivity contribution in [3.8, 4) is 17.6 Å². The van der Waals surface area contributed by atoms with Gasteiger partial charge in [-0.1, -0.05) is 11.8 Å². The van der Waals surface area contributed by atoms with Crippen LogP contribution < -0.4 is 10.1 Å². The molecule has 0 saturated carbocycles. The van der Waals surface area contributed by atoms with Crippen molar-refractivity contribution in [2.24, 2.45) is 0 Å². The van der Waals surface area contributed by atoms with Gasteiger partial charge in [0.2, 0.25) is 0 Å². The third-order valence-electron chi connectivity index (χ3n) is 2.52. The Bertz CT molecular complexity index is 623. The molecule has 0 amide bonds. The van der Waals surface area contributed by atoms with Crippen molar-refractivity contribution in [2.75, 3.05) is 13.7 Å². The minimum Gasteiger partial charge on any atom is -0.495 e. The lowest BCUT2D eigenvalue weighted by atomic mass is 10.1. The zero-order valence-corrected chi connectivity index (χ0v) is 11.2. The molecule has 0 saturated heterocycles. The summed E-state index contributed by atoms with van der Waals surface area (Å²) in [6.07, 6.45) is 5.70. The summed E-state index contributed by atoms with van der Waals surface area (Å²) in [4.78, 5) is 0.245. The van der Waals surface area contributed by atoms with Crippen molar-refractivity contribution in [3.05, 3.63) is 47.7 Å². The number of dihydropyridines is 1. The minimum absolute atomic E-state index is 0.245. The van der Waals surface area contributed by atoms with E-state index in [2.05, 4.69) is 17.2 Å². The van der Waals surface area contributed by atoms with Crippen molar-refractivity contribution in [2.45, 2.75) is 4.90 Å². The van der Waals surface area contributed by atoms with E-state index in [1.54, 1.807) is 18.2 Å². The van der Waals surface area contributed by atoms with Crippen molar-refractivity contribution >= 4 is 11.1 Å². The monoisotopic (exact) mass is 275 g/mol. The fourth-order valence-electron chi connectivity index (χ4n) is 1.59. The standard InChI is InChI=1S/C14H13NO3S/c1-18-13-9-11(6-7-14(13)19(16)17)4-5-12-3-2-8-15-10-12/h2-3,6-9,15H,10H2,1H3,(H,16,17). The van der Waals surface area contributed by atoms with Gasteiger partial charge in [-0.15, -0.1) is 0 Å². The number of methoxy groups -OCH3 is 1. The normalized spacial score (nSPS) is 14.7. The lowest BCUT2D eigenvalue weighted by Gasteiger charge is -2.05. The van der Waals surface area contributed by atoms with E-state index in [0.717, 1.165) is 11.1 Å². The maximum Gasteiger partial charge on any atom is 0.190 e. The zero-order valence-electron chi connectivity index (χ0n) is 10.3. The summed E-state index contributed by atoms with van der Waals surface area (Å²) in [5, 5.41) is 3.07. The van der Waals surface area contributed by atoms with E-state index in [1.165, 1.54) is 7.11 Å². The fraction of sp³-hybridized carbons (Fsp3) is 0.143. The van der Waals surface area contributed by atoms with Gasteiger partial charge >= 0.3 is 0 Å². The van der Waals surface area contributed by atoms with Crippen LogP contribution in [0.15, 0.2) is 47.0 Å². The van der Waals surface area contributed by atoms with Crippen LogP contribution in [0.3, 0.4) is 0 Å². The summed E-state index contributed by atoms with van der Waals surface area (Å²) in [6.45, 7) is 0.708. The van der Waals surface area contributed by atoms with E-state index in [1.807, 2.05) is 18.4 Å². The van der Waals surface area contributed by atoms with Gasteiger partial charge in [0.25, 0.3) is 0 Å². The van der Waals surface area contributed by atoms with Crippen LogP contribution in [0, 0.1) is 11.8 Å². The largest absolute Gasteiger partial charge is 0.495 e. The van der Waals surface area contributed by atoms with Crippen LogP contribution >= 0.6 is 0 Å². The van der Waals surface area contributed by atoms with Crippen molar-refractivity contribution in [1.29, 1.82) is 0 Å². The molecular weight excluding hydrogens is 262 g/mol. The highest BCUT2D eigenvalue weighted by molar-refractivity contribution is 7.79. The van der Waals surface area contributed by atoms with Crippen LogP contribution in [-0.2, 0) is 11.1 Å². The number of rotatable bonds is 2. The zero-order chi connectivity index (χ0) is 13.7. The van der Waals surface area contributed by atoms with E-state index < -0.39 is 11.1 Å². The molecule has 4 nitrogen and oxygen atoms in total. The SMILES string of the molecule is COc1cc(C#CC2=CC=CNC2)ccc1S(=O)O. The Labute approximate surface area is 114 Å². The van der Waals surface area contributed by atoms with Crippen LogP contribution in [0.25, 0.3) is 0 Å². The molecule has 0 fully saturated rings. The van der Waals surface area contributed by atoms with Crippen LogP contribution in [-0.4, -0.2) is 22.4 Å². The first-order valence-corrected chi connectivity index (χ1v) is 6.71. The second kappa shape index (κ2) is 6.23. The molecule has 1 atom stereocenters. The topological polar surface area (TPSA) is 58.6 Å². The molecule has 98 valence electrons. The Balaban J connectivity index is 2.27. The van der Waals surface area contributed by atoms with Crippen molar-refractivity contribution < 1.29 is 13.5 Å². The first kappa shape index (κ1) is 13.4. The van der Waals surface area contributed by atoms with Crippen LogP contribution in [0.4, 0.5) is 0 Å². The Morgan fingerprint density at radius 2 is 2.26 bits per heavy atom. The van der Waals surface area contributed by atoms with Gasteiger partial charge in [-0.3, -0.25) is 0 Å². The van der Waals surface area contributed by atoms with Crippen LogP contribution in [0.2, 0.25) is 0 Å². The minimum atomic E-state index is -2.06. The van der Waals surface area contributed by atoms with Crippen molar-refractivity contribution in [3.63, 3.8) is 0 Å². The van der Waals surface area contributed by atoms with Gasteiger partial charge in [0.05, 0.1) is 7.11 Å². The van der Waals surface area contributed by atoms with Gasteiger partial charge in [0.1, 0.15) is 10.6 Å². The van der Waals surface area contributed by atoms with Gasteiger partial charge in [-0.2, -0.15) is 0 Å². The highest BCUT2D eigenvalue weighted by atomic mass is 32.2. The molecule has 0 spiro atoms. The molecule has 0 aliphatic carbocycles. The molecule has 0 radical (unpaired) electrons. The number of nitrogens with one attached hydrogen (secondary N) is 1. The molecule has 2 N–H and O–H groups in total.